The lowest BCUT2D eigenvalue weighted by Crippen LogP contribution is -2.40. The zero-order valence-electron chi connectivity index (χ0n) is 10.5. The predicted molar refractivity (Wildman–Crippen MR) is 65.4 cm³/mol. The van der Waals surface area contributed by atoms with Gasteiger partial charge in [-0.25, -0.2) is 0 Å². The number of esters is 1. The van der Waals surface area contributed by atoms with Crippen LogP contribution < -0.4 is 5.32 Å². The molecule has 0 unspecified atom stereocenters. The minimum absolute atomic E-state index is 0.0768. The van der Waals surface area contributed by atoms with Crippen LogP contribution in [-0.2, 0) is 14.3 Å². The van der Waals surface area contributed by atoms with Gasteiger partial charge in [0.05, 0.1) is 0 Å². The second kappa shape index (κ2) is 6.42. The number of rotatable bonds is 5. The molecule has 1 aliphatic rings. The van der Waals surface area contributed by atoms with Gasteiger partial charge in [-0.2, -0.15) is 0 Å². The van der Waals surface area contributed by atoms with Gasteiger partial charge in [0.2, 0.25) is 5.91 Å². The van der Waals surface area contributed by atoms with E-state index in [9.17, 15) is 9.59 Å². The average Bonchev–Trinajstić information content (AvgIpc) is 2.37. The first-order valence-electron chi connectivity index (χ1n) is 6.24. The van der Waals surface area contributed by atoms with Gasteiger partial charge in [0.15, 0.2) is 0 Å². The molecular weight excluding hydrogens is 218 g/mol. The highest BCUT2D eigenvalue weighted by molar-refractivity contribution is 5.89. The summed E-state index contributed by atoms with van der Waals surface area (Å²) in [4.78, 5) is 22.5. The van der Waals surface area contributed by atoms with Crippen LogP contribution in [0.2, 0.25) is 0 Å². The lowest BCUT2D eigenvalue weighted by molar-refractivity contribution is -0.163. The van der Waals surface area contributed by atoms with Crippen molar-refractivity contribution in [3.8, 4) is 0 Å². The molecule has 1 N–H and O–H groups in total. The van der Waals surface area contributed by atoms with E-state index < -0.39 is 0 Å². The van der Waals surface area contributed by atoms with Crippen molar-refractivity contribution in [2.45, 2.75) is 51.0 Å². The fourth-order valence-corrected chi connectivity index (χ4v) is 2.23. The van der Waals surface area contributed by atoms with Crippen LogP contribution in [-0.4, -0.2) is 24.0 Å². The van der Waals surface area contributed by atoms with Gasteiger partial charge in [0.1, 0.15) is 12.1 Å². The second-order valence-corrected chi connectivity index (χ2v) is 4.49. The number of carbonyl (C=O) groups is 2. The number of ether oxygens (including phenoxy) is 1. The summed E-state index contributed by atoms with van der Waals surface area (Å²) in [5.41, 5.74) is -0.297. The van der Waals surface area contributed by atoms with Gasteiger partial charge in [0, 0.05) is 0 Å². The number of carbonyl (C=O) groups excluding carboxylic acids is 2. The molecule has 0 radical (unpaired) electrons. The largest absolute Gasteiger partial charge is 0.458 e. The Morgan fingerprint density at radius 2 is 2.00 bits per heavy atom. The fourth-order valence-electron chi connectivity index (χ4n) is 2.23. The molecular formula is C13H21NO3. The quantitative estimate of drug-likeness (QED) is 0.589. The van der Waals surface area contributed by atoms with Gasteiger partial charge in [-0.15, -0.1) is 0 Å². The van der Waals surface area contributed by atoms with Crippen molar-refractivity contribution >= 4 is 11.9 Å². The molecule has 4 heteroatoms. The first kappa shape index (κ1) is 13.7. The number of nitrogens with one attached hydrogen (secondary N) is 1. The van der Waals surface area contributed by atoms with E-state index in [0.717, 1.165) is 38.2 Å². The van der Waals surface area contributed by atoms with E-state index in [0.29, 0.717) is 0 Å². The lowest BCUT2D eigenvalue weighted by Gasteiger charge is -2.36. The molecule has 0 aromatic heterocycles. The molecule has 1 rings (SSSR count). The van der Waals surface area contributed by atoms with Crippen molar-refractivity contribution in [1.82, 2.24) is 5.32 Å². The molecule has 0 aromatic carbocycles. The Bertz CT molecular complexity index is 293. The van der Waals surface area contributed by atoms with Gasteiger partial charge in [0.25, 0.3) is 0 Å². The Balaban J connectivity index is 2.42. The summed E-state index contributed by atoms with van der Waals surface area (Å²) in [5, 5.41) is 2.43. The van der Waals surface area contributed by atoms with Crippen LogP contribution in [0.25, 0.3) is 0 Å². The van der Waals surface area contributed by atoms with Crippen LogP contribution in [0.5, 0.6) is 0 Å². The van der Waals surface area contributed by atoms with Gasteiger partial charge in [-0.05, 0) is 38.2 Å². The number of hydrogen-bond acceptors (Lipinski definition) is 3. The summed E-state index contributed by atoms with van der Waals surface area (Å²) in [7, 11) is 0. The van der Waals surface area contributed by atoms with E-state index in [1.165, 1.54) is 6.42 Å². The highest BCUT2D eigenvalue weighted by Crippen LogP contribution is 2.34. The fraction of sp³-hybridized carbons (Fsp3) is 0.692. The summed E-state index contributed by atoms with van der Waals surface area (Å²) in [6.07, 6.45) is 7.29. The molecule has 0 aliphatic heterocycles. The molecule has 0 bridgehead atoms. The van der Waals surface area contributed by atoms with E-state index in [1.807, 2.05) is 6.92 Å². The summed E-state index contributed by atoms with van der Waals surface area (Å²) in [6, 6.07) is 0. The van der Waals surface area contributed by atoms with Gasteiger partial charge < -0.3 is 10.1 Å². The Morgan fingerprint density at radius 3 is 2.53 bits per heavy atom. The first-order valence-corrected chi connectivity index (χ1v) is 6.24. The predicted octanol–water partition coefficient (Wildman–Crippen LogP) is 1.94. The van der Waals surface area contributed by atoms with Crippen LogP contribution in [0.15, 0.2) is 12.7 Å². The third-order valence-corrected chi connectivity index (χ3v) is 3.33. The minimum atomic E-state index is -0.357. The van der Waals surface area contributed by atoms with Gasteiger partial charge in [-0.1, -0.05) is 19.9 Å². The summed E-state index contributed by atoms with van der Waals surface area (Å²) < 4.78 is 5.54. The molecule has 1 aliphatic carbocycles. The minimum Gasteiger partial charge on any atom is -0.458 e. The summed E-state index contributed by atoms with van der Waals surface area (Å²) in [6.45, 7) is 5.29. The Morgan fingerprint density at radius 1 is 1.35 bits per heavy atom. The van der Waals surface area contributed by atoms with Crippen LogP contribution in [0.1, 0.15) is 45.4 Å². The van der Waals surface area contributed by atoms with E-state index in [2.05, 4.69) is 11.9 Å². The molecule has 0 heterocycles. The van der Waals surface area contributed by atoms with Crippen LogP contribution in [0, 0.1) is 0 Å². The Hall–Kier alpha value is -1.32. The van der Waals surface area contributed by atoms with Crippen molar-refractivity contribution < 1.29 is 14.3 Å². The van der Waals surface area contributed by atoms with Gasteiger partial charge >= 0.3 is 5.97 Å². The summed E-state index contributed by atoms with van der Waals surface area (Å²) >= 11 is 0. The van der Waals surface area contributed by atoms with E-state index in [-0.39, 0.29) is 24.0 Å². The molecule has 96 valence electrons. The van der Waals surface area contributed by atoms with Crippen LogP contribution in [0.4, 0.5) is 0 Å². The maximum absolute atomic E-state index is 11.6. The van der Waals surface area contributed by atoms with Crippen LogP contribution in [0.3, 0.4) is 0 Å². The van der Waals surface area contributed by atoms with Crippen molar-refractivity contribution in [3.63, 3.8) is 0 Å². The summed E-state index contributed by atoms with van der Waals surface area (Å²) in [5.74, 6) is -0.708. The molecule has 1 saturated carbocycles. The highest BCUT2D eigenvalue weighted by atomic mass is 16.6. The zero-order chi connectivity index (χ0) is 12.7. The molecule has 0 spiro atoms. The monoisotopic (exact) mass is 239 g/mol. The van der Waals surface area contributed by atoms with Crippen LogP contribution >= 0.6 is 0 Å². The normalized spacial score (nSPS) is 18.2. The van der Waals surface area contributed by atoms with Crippen molar-refractivity contribution in [1.29, 1.82) is 0 Å². The average molecular weight is 239 g/mol. The van der Waals surface area contributed by atoms with E-state index >= 15 is 0 Å². The molecule has 4 nitrogen and oxygen atoms in total. The van der Waals surface area contributed by atoms with Gasteiger partial charge in [-0.3, -0.25) is 9.59 Å². The lowest BCUT2D eigenvalue weighted by atomic mass is 9.83. The maximum atomic E-state index is 11.6. The van der Waals surface area contributed by atoms with Crippen molar-refractivity contribution in [2.75, 3.05) is 6.54 Å². The number of hydrogen-bond donors (Lipinski definition) is 1. The smallest absolute Gasteiger partial charge is 0.325 e. The molecule has 0 aromatic rings. The molecule has 0 atom stereocenters. The van der Waals surface area contributed by atoms with Crippen molar-refractivity contribution in [2.24, 2.45) is 0 Å². The van der Waals surface area contributed by atoms with E-state index in [1.54, 1.807) is 0 Å². The molecule has 17 heavy (non-hydrogen) atoms. The standard InChI is InChI=1S/C13H21NO3/c1-3-11(15)14-10-12(16)17-13(4-2)8-6-5-7-9-13/h3H,1,4-10H2,2H3,(H,14,15). The zero-order valence-corrected chi connectivity index (χ0v) is 10.5. The SMILES string of the molecule is C=CC(=O)NCC(=O)OC1(CC)CCCCC1. The second-order valence-electron chi connectivity index (χ2n) is 4.49. The molecule has 1 fully saturated rings. The highest BCUT2D eigenvalue weighted by Gasteiger charge is 2.33. The maximum Gasteiger partial charge on any atom is 0.325 e. The Labute approximate surface area is 102 Å². The Kier molecular flexibility index (Phi) is 5.19. The first-order chi connectivity index (χ1) is 8.12. The third kappa shape index (κ3) is 4.21. The third-order valence-electron chi connectivity index (χ3n) is 3.33. The molecule has 1 amide bonds. The molecule has 0 saturated heterocycles. The van der Waals surface area contributed by atoms with Crippen molar-refractivity contribution in [3.05, 3.63) is 12.7 Å². The number of amides is 1. The topological polar surface area (TPSA) is 55.4 Å². The van der Waals surface area contributed by atoms with E-state index in [4.69, 9.17) is 4.74 Å².